The van der Waals surface area contributed by atoms with Crippen LogP contribution in [-0.2, 0) is 4.74 Å². The number of nitrogens with zero attached hydrogens (tertiary/aromatic N) is 1. The smallest absolute Gasteiger partial charge is 0.319 e. The van der Waals surface area contributed by atoms with Crippen LogP contribution in [0.15, 0.2) is 0 Å². The highest BCUT2D eigenvalue weighted by Crippen LogP contribution is 2.24. The van der Waals surface area contributed by atoms with E-state index in [4.69, 9.17) is 9.84 Å². The molecule has 2 rings (SSSR count). The Kier molecular flexibility index (Phi) is 3.82. The lowest BCUT2D eigenvalue weighted by Gasteiger charge is -2.28. The van der Waals surface area contributed by atoms with Crippen molar-refractivity contribution in [2.45, 2.75) is 37.4 Å². The zero-order chi connectivity index (χ0) is 12.4. The molecule has 2 amide bonds. The molecule has 0 aromatic carbocycles. The van der Waals surface area contributed by atoms with Gasteiger partial charge in [-0.05, 0) is 12.8 Å². The van der Waals surface area contributed by atoms with Gasteiger partial charge in [0.05, 0.1) is 6.61 Å². The molecule has 7 heteroatoms. The summed E-state index contributed by atoms with van der Waals surface area (Å²) in [5.41, 5.74) is 0. The van der Waals surface area contributed by atoms with Gasteiger partial charge in [-0.3, -0.25) is 4.90 Å². The van der Waals surface area contributed by atoms with Gasteiger partial charge in [0.15, 0.2) is 6.23 Å². The maximum absolute atomic E-state index is 11.7. The standard InChI is InChI=1S/C10H18N2O5/c13-5-6-7(14)8(15)9(17-6)12-4-2-1-3-11-10(12)16/h6-9,13-15H,1-5H2,(H,11,16)/t6-,7-,8-,9?/m1/s1. The number of aliphatic hydroxyl groups excluding tert-OH is 3. The predicted octanol–water partition coefficient (Wildman–Crippen LogP) is -1.77. The van der Waals surface area contributed by atoms with Crippen LogP contribution in [0.1, 0.15) is 12.8 Å². The fraction of sp³-hybridized carbons (Fsp3) is 0.900. The summed E-state index contributed by atoms with van der Waals surface area (Å²) >= 11 is 0. The molecule has 1 unspecified atom stereocenters. The third kappa shape index (κ3) is 2.37. The summed E-state index contributed by atoms with van der Waals surface area (Å²) in [7, 11) is 0. The molecule has 7 nitrogen and oxygen atoms in total. The van der Waals surface area contributed by atoms with E-state index in [2.05, 4.69) is 5.32 Å². The summed E-state index contributed by atoms with van der Waals surface area (Å²) in [5.74, 6) is 0. The zero-order valence-electron chi connectivity index (χ0n) is 9.45. The summed E-state index contributed by atoms with van der Waals surface area (Å²) in [6, 6.07) is -0.308. The van der Waals surface area contributed by atoms with E-state index in [1.807, 2.05) is 0 Å². The van der Waals surface area contributed by atoms with E-state index in [-0.39, 0.29) is 12.6 Å². The number of hydrogen-bond acceptors (Lipinski definition) is 5. The van der Waals surface area contributed by atoms with E-state index >= 15 is 0 Å². The van der Waals surface area contributed by atoms with Crippen molar-refractivity contribution in [2.75, 3.05) is 19.7 Å². The highest BCUT2D eigenvalue weighted by Gasteiger charge is 2.46. The topological polar surface area (TPSA) is 102 Å². The Morgan fingerprint density at radius 1 is 1.35 bits per heavy atom. The lowest BCUT2D eigenvalue weighted by Crippen LogP contribution is -2.50. The van der Waals surface area contributed by atoms with E-state index in [0.29, 0.717) is 13.1 Å². The van der Waals surface area contributed by atoms with Crippen LogP contribution in [0.5, 0.6) is 0 Å². The molecule has 0 spiro atoms. The van der Waals surface area contributed by atoms with E-state index in [9.17, 15) is 15.0 Å². The monoisotopic (exact) mass is 246 g/mol. The third-order valence-electron chi connectivity index (χ3n) is 3.19. The summed E-state index contributed by atoms with van der Waals surface area (Å²) in [4.78, 5) is 13.1. The number of urea groups is 1. The van der Waals surface area contributed by atoms with Crippen molar-refractivity contribution in [3.63, 3.8) is 0 Å². The number of hydrogen-bond donors (Lipinski definition) is 4. The molecule has 0 bridgehead atoms. The van der Waals surface area contributed by atoms with Gasteiger partial charge in [-0.15, -0.1) is 0 Å². The molecule has 17 heavy (non-hydrogen) atoms. The van der Waals surface area contributed by atoms with Crippen LogP contribution in [-0.4, -0.2) is 70.5 Å². The number of carbonyl (C=O) groups is 1. The lowest BCUT2D eigenvalue weighted by atomic mass is 10.1. The average Bonchev–Trinajstić information content (AvgIpc) is 2.51. The van der Waals surface area contributed by atoms with Crippen LogP contribution in [0.25, 0.3) is 0 Å². The molecule has 98 valence electrons. The first-order valence-electron chi connectivity index (χ1n) is 5.82. The lowest BCUT2D eigenvalue weighted by molar-refractivity contribution is -0.0783. The van der Waals surface area contributed by atoms with Crippen molar-refractivity contribution in [1.82, 2.24) is 10.2 Å². The second-order valence-electron chi connectivity index (χ2n) is 4.36. The first-order chi connectivity index (χ1) is 8.15. The molecule has 2 fully saturated rings. The highest BCUT2D eigenvalue weighted by atomic mass is 16.6. The fourth-order valence-electron chi connectivity index (χ4n) is 2.19. The second kappa shape index (κ2) is 5.18. The number of rotatable bonds is 2. The largest absolute Gasteiger partial charge is 0.394 e. The zero-order valence-corrected chi connectivity index (χ0v) is 9.45. The van der Waals surface area contributed by atoms with Crippen molar-refractivity contribution < 1.29 is 24.9 Å². The Morgan fingerprint density at radius 2 is 2.12 bits per heavy atom. The first-order valence-corrected chi connectivity index (χ1v) is 5.82. The predicted molar refractivity (Wildman–Crippen MR) is 57.1 cm³/mol. The van der Waals surface area contributed by atoms with Crippen molar-refractivity contribution in [2.24, 2.45) is 0 Å². The van der Waals surface area contributed by atoms with Crippen molar-refractivity contribution in [3.05, 3.63) is 0 Å². The molecule has 2 heterocycles. The summed E-state index contributed by atoms with van der Waals surface area (Å²) in [6.45, 7) is 0.687. The van der Waals surface area contributed by atoms with Crippen molar-refractivity contribution >= 4 is 6.03 Å². The Morgan fingerprint density at radius 3 is 2.76 bits per heavy atom. The van der Waals surface area contributed by atoms with Crippen LogP contribution < -0.4 is 5.32 Å². The molecule has 0 aliphatic carbocycles. The normalized spacial score (nSPS) is 39.0. The molecule has 0 aromatic rings. The molecular formula is C10H18N2O5. The summed E-state index contributed by atoms with van der Waals surface area (Å²) in [6.07, 6.45) is -2.40. The van der Waals surface area contributed by atoms with E-state index in [1.54, 1.807) is 0 Å². The number of nitrogens with one attached hydrogen (secondary N) is 1. The Hall–Kier alpha value is -0.890. The molecule has 2 saturated heterocycles. The van der Waals surface area contributed by atoms with E-state index < -0.39 is 24.5 Å². The minimum Gasteiger partial charge on any atom is -0.394 e. The molecule has 0 radical (unpaired) electrons. The van der Waals surface area contributed by atoms with Gasteiger partial charge in [-0.25, -0.2) is 4.79 Å². The van der Waals surface area contributed by atoms with Crippen LogP contribution in [0.3, 0.4) is 0 Å². The minimum absolute atomic E-state index is 0.308. The number of amides is 2. The summed E-state index contributed by atoms with van der Waals surface area (Å²) in [5, 5.41) is 31.1. The van der Waals surface area contributed by atoms with Crippen LogP contribution in [0.4, 0.5) is 4.79 Å². The molecular weight excluding hydrogens is 228 g/mol. The number of carbonyl (C=O) groups excluding carboxylic acids is 1. The van der Waals surface area contributed by atoms with Crippen LogP contribution >= 0.6 is 0 Å². The average molecular weight is 246 g/mol. The minimum atomic E-state index is -1.18. The Bertz CT molecular complexity index is 288. The van der Waals surface area contributed by atoms with Gasteiger partial charge in [-0.1, -0.05) is 0 Å². The SMILES string of the molecule is O=C1NCCCCN1C1O[C@H](CO)[C@@H](O)[C@H]1O. The van der Waals surface area contributed by atoms with Gasteiger partial charge in [0.1, 0.15) is 18.3 Å². The van der Waals surface area contributed by atoms with Gasteiger partial charge < -0.3 is 25.4 Å². The van der Waals surface area contributed by atoms with Gasteiger partial charge in [-0.2, -0.15) is 0 Å². The van der Waals surface area contributed by atoms with Crippen LogP contribution in [0.2, 0.25) is 0 Å². The highest BCUT2D eigenvalue weighted by molar-refractivity contribution is 5.74. The van der Waals surface area contributed by atoms with Crippen molar-refractivity contribution in [3.8, 4) is 0 Å². The van der Waals surface area contributed by atoms with Crippen molar-refractivity contribution in [1.29, 1.82) is 0 Å². The van der Waals surface area contributed by atoms with Crippen LogP contribution in [0, 0.1) is 0 Å². The molecule has 0 saturated carbocycles. The quantitative estimate of drug-likeness (QED) is 0.462. The molecule has 0 aromatic heterocycles. The fourth-order valence-corrected chi connectivity index (χ4v) is 2.19. The van der Waals surface area contributed by atoms with Gasteiger partial charge in [0.2, 0.25) is 0 Å². The molecule has 2 aliphatic rings. The Balaban J connectivity index is 2.08. The number of aliphatic hydroxyl groups is 3. The van der Waals surface area contributed by atoms with Gasteiger partial charge >= 0.3 is 6.03 Å². The first kappa shape index (κ1) is 12.6. The van der Waals surface area contributed by atoms with Gasteiger partial charge in [0.25, 0.3) is 0 Å². The summed E-state index contributed by atoms with van der Waals surface area (Å²) < 4.78 is 5.32. The third-order valence-corrected chi connectivity index (χ3v) is 3.19. The number of ether oxygens (including phenoxy) is 1. The van der Waals surface area contributed by atoms with E-state index in [1.165, 1.54) is 4.90 Å². The maximum Gasteiger partial charge on any atom is 0.319 e. The van der Waals surface area contributed by atoms with Gasteiger partial charge in [0, 0.05) is 13.1 Å². The second-order valence-corrected chi connectivity index (χ2v) is 4.36. The Labute approximate surface area is 99.0 Å². The molecule has 4 atom stereocenters. The molecule has 2 aliphatic heterocycles. The van der Waals surface area contributed by atoms with E-state index in [0.717, 1.165) is 12.8 Å². The maximum atomic E-state index is 11.7. The molecule has 4 N–H and O–H groups in total.